The van der Waals surface area contributed by atoms with E-state index in [2.05, 4.69) is 6.58 Å². The van der Waals surface area contributed by atoms with Crippen LogP contribution in [0.25, 0.3) is 11.0 Å². The van der Waals surface area contributed by atoms with Crippen LogP contribution in [-0.4, -0.2) is 37.7 Å². The third-order valence-corrected chi connectivity index (χ3v) is 5.87. The van der Waals surface area contributed by atoms with Crippen LogP contribution in [0.2, 0.25) is 0 Å². The van der Waals surface area contributed by atoms with E-state index in [4.69, 9.17) is 13.9 Å². The molecule has 32 heavy (non-hydrogen) atoms. The lowest BCUT2D eigenvalue weighted by Gasteiger charge is -2.25. The Morgan fingerprint density at radius 1 is 1.16 bits per heavy atom. The van der Waals surface area contributed by atoms with Crippen molar-refractivity contribution >= 4 is 16.9 Å². The summed E-state index contributed by atoms with van der Waals surface area (Å²) in [4.78, 5) is 28.7. The fourth-order valence-corrected chi connectivity index (χ4v) is 4.16. The van der Waals surface area contributed by atoms with Gasteiger partial charge in [-0.25, -0.2) is 0 Å². The van der Waals surface area contributed by atoms with Crippen LogP contribution < -0.4 is 10.2 Å². The van der Waals surface area contributed by atoms with Gasteiger partial charge in [-0.05, 0) is 61.2 Å². The zero-order valence-corrected chi connectivity index (χ0v) is 18.6. The standard InChI is InChI=1S/C26H27NO5/c1-5-11-31-19-9-6-8-18(15-19)23-22-24(28)20-13-16(2)17(3)14-21(20)32-25(22)26(29)27(23)10-7-12-30-4/h5-6,8-9,13-15,23H,1,7,10-12H2,2-4H3. The highest BCUT2D eigenvalue weighted by Crippen LogP contribution is 2.39. The molecule has 2 aromatic carbocycles. The van der Waals surface area contributed by atoms with Crippen LogP contribution >= 0.6 is 0 Å². The van der Waals surface area contributed by atoms with E-state index in [1.807, 2.05) is 50.2 Å². The average molecular weight is 434 g/mol. The summed E-state index contributed by atoms with van der Waals surface area (Å²) < 4.78 is 16.9. The van der Waals surface area contributed by atoms with E-state index in [0.29, 0.717) is 48.5 Å². The van der Waals surface area contributed by atoms with Gasteiger partial charge in [0.1, 0.15) is 17.9 Å². The SMILES string of the molecule is C=CCOc1cccc(C2c3c(oc4cc(C)c(C)cc4c3=O)C(=O)N2CCCOC)c1. The summed E-state index contributed by atoms with van der Waals surface area (Å²) in [5.74, 6) is 0.484. The van der Waals surface area contributed by atoms with Gasteiger partial charge in [0, 0.05) is 20.3 Å². The molecule has 6 heteroatoms. The summed E-state index contributed by atoms with van der Waals surface area (Å²) in [6.07, 6.45) is 2.31. The first kappa shape index (κ1) is 21.8. The molecule has 1 aliphatic heterocycles. The summed E-state index contributed by atoms with van der Waals surface area (Å²) in [5, 5.41) is 0.488. The first-order chi connectivity index (χ1) is 15.5. The molecule has 6 nitrogen and oxygen atoms in total. The Kier molecular flexibility index (Phi) is 6.15. The van der Waals surface area contributed by atoms with Crippen LogP contribution in [0, 0.1) is 13.8 Å². The predicted octanol–water partition coefficient (Wildman–Crippen LogP) is 4.56. The highest BCUT2D eigenvalue weighted by molar-refractivity contribution is 5.99. The Balaban J connectivity index is 1.89. The van der Waals surface area contributed by atoms with Crippen molar-refractivity contribution in [1.82, 2.24) is 4.90 Å². The van der Waals surface area contributed by atoms with Gasteiger partial charge in [-0.3, -0.25) is 9.59 Å². The quantitative estimate of drug-likeness (QED) is 0.385. The van der Waals surface area contributed by atoms with E-state index in [1.54, 1.807) is 18.1 Å². The molecule has 1 amide bonds. The Labute approximate surface area is 187 Å². The molecule has 0 aliphatic carbocycles. The molecule has 2 heterocycles. The molecule has 0 radical (unpaired) electrons. The van der Waals surface area contributed by atoms with Crippen LogP contribution in [0.4, 0.5) is 0 Å². The van der Waals surface area contributed by atoms with Crippen molar-refractivity contribution < 1.29 is 18.7 Å². The number of carbonyl (C=O) groups excluding carboxylic acids is 1. The van der Waals surface area contributed by atoms with Gasteiger partial charge in [-0.1, -0.05) is 24.8 Å². The summed E-state index contributed by atoms with van der Waals surface area (Å²) in [5.41, 5.74) is 3.45. The van der Waals surface area contributed by atoms with Crippen molar-refractivity contribution in [3.8, 4) is 5.75 Å². The number of carbonyl (C=O) groups is 1. The second-order valence-electron chi connectivity index (χ2n) is 8.03. The first-order valence-electron chi connectivity index (χ1n) is 10.7. The molecule has 0 saturated heterocycles. The van der Waals surface area contributed by atoms with Gasteiger partial charge in [-0.15, -0.1) is 0 Å². The van der Waals surface area contributed by atoms with Gasteiger partial charge < -0.3 is 18.8 Å². The van der Waals surface area contributed by atoms with E-state index >= 15 is 0 Å². The third kappa shape index (κ3) is 3.82. The van der Waals surface area contributed by atoms with Gasteiger partial charge >= 0.3 is 0 Å². The molecule has 1 unspecified atom stereocenters. The van der Waals surface area contributed by atoms with Crippen molar-refractivity contribution in [1.29, 1.82) is 0 Å². The minimum Gasteiger partial charge on any atom is -0.490 e. The number of fused-ring (bicyclic) bond motifs is 2. The highest BCUT2D eigenvalue weighted by Gasteiger charge is 2.42. The van der Waals surface area contributed by atoms with Gasteiger partial charge in [0.15, 0.2) is 5.43 Å². The van der Waals surface area contributed by atoms with Crippen molar-refractivity contribution in [2.75, 3.05) is 26.9 Å². The number of nitrogens with zero attached hydrogens (tertiary/aromatic N) is 1. The minimum atomic E-state index is -0.552. The summed E-state index contributed by atoms with van der Waals surface area (Å²) in [6.45, 7) is 8.91. The van der Waals surface area contributed by atoms with Crippen LogP contribution in [0.5, 0.6) is 5.75 Å². The highest BCUT2D eigenvalue weighted by atomic mass is 16.5. The maximum atomic E-state index is 13.6. The van der Waals surface area contributed by atoms with Gasteiger partial charge in [0.05, 0.1) is 17.0 Å². The van der Waals surface area contributed by atoms with E-state index in [1.165, 1.54) is 0 Å². The zero-order chi connectivity index (χ0) is 22.8. The maximum Gasteiger partial charge on any atom is 0.290 e. The topological polar surface area (TPSA) is 69.0 Å². The van der Waals surface area contributed by atoms with Gasteiger partial charge in [0.25, 0.3) is 5.91 Å². The molecule has 1 aromatic heterocycles. The molecular formula is C26H27NO5. The molecule has 166 valence electrons. The second-order valence-corrected chi connectivity index (χ2v) is 8.03. The lowest BCUT2D eigenvalue weighted by atomic mass is 9.97. The van der Waals surface area contributed by atoms with Crippen LogP contribution in [0.1, 0.15) is 45.3 Å². The summed E-state index contributed by atoms with van der Waals surface area (Å²) >= 11 is 0. The molecule has 0 N–H and O–H groups in total. The molecule has 1 atom stereocenters. The number of benzene rings is 2. The van der Waals surface area contributed by atoms with E-state index in [-0.39, 0.29) is 17.1 Å². The van der Waals surface area contributed by atoms with Crippen molar-refractivity contribution in [3.63, 3.8) is 0 Å². The van der Waals surface area contributed by atoms with E-state index in [9.17, 15) is 9.59 Å². The summed E-state index contributed by atoms with van der Waals surface area (Å²) in [7, 11) is 1.63. The molecule has 0 bridgehead atoms. The molecule has 0 saturated carbocycles. The van der Waals surface area contributed by atoms with Crippen molar-refractivity contribution in [2.24, 2.45) is 0 Å². The molecule has 4 rings (SSSR count). The number of ether oxygens (including phenoxy) is 2. The Morgan fingerprint density at radius 3 is 2.69 bits per heavy atom. The maximum absolute atomic E-state index is 13.6. The predicted molar refractivity (Wildman–Crippen MR) is 123 cm³/mol. The molecule has 3 aromatic rings. The smallest absolute Gasteiger partial charge is 0.290 e. The van der Waals surface area contributed by atoms with Crippen LogP contribution in [0.15, 0.2) is 58.3 Å². The molecule has 0 fully saturated rings. The Morgan fingerprint density at radius 2 is 1.94 bits per heavy atom. The van der Waals surface area contributed by atoms with Crippen molar-refractivity contribution in [2.45, 2.75) is 26.3 Å². The Bertz CT molecular complexity index is 1240. The van der Waals surface area contributed by atoms with E-state index in [0.717, 1.165) is 16.7 Å². The zero-order valence-electron chi connectivity index (χ0n) is 18.6. The monoisotopic (exact) mass is 433 g/mol. The van der Waals surface area contributed by atoms with Gasteiger partial charge in [0.2, 0.25) is 5.76 Å². The number of aryl methyl sites for hydroxylation is 2. The number of amides is 1. The fourth-order valence-electron chi connectivity index (χ4n) is 4.16. The number of methoxy groups -OCH3 is 1. The van der Waals surface area contributed by atoms with E-state index < -0.39 is 6.04 Å². The lowest BCUT2D eigenvalue weighted by molar-refractivity contribution is 0.0707. The third-order valence-electron chi connectivity index (χ3n) is 5.87. The number of hydrogen-bond acceptors (Lipinski definition) is 5. The van der Waals surface area contributed by atoms with Crippen LogP contribution in [0.3, 0.4) is 0 Å². The number of hydrogen-bond donors (Lipinski definition) is 0. The van der Waals surface area contributed by atoms with Crippen LogP contribution in [-0.2, 0) is 4.74 Å². The fraction of sp³-hybridized carbons (Fsp3) is 0.308. The molecular weight excluding hydrogens is 406 g/mol. The molecule has 1 aliphatic rings. The first-order valence-corrected chi connectivity index (χ1v) is 10.7. The largest absolute Gasteiger partial charge is 0.490 e. The normalized spacial score (nSPS) is 15.3. The summed E-state index contributed by atoms with van der Waals surface area (Å²) in [6, 6.07) is 10.6. The lowest BCUT2D eigenvalue weighted by Crippen LogP contribution is -2.31. The van der Waals surface area contributed by atoms with Crippen molar-refractivity contribution in [3.05, 3.63) is 87.3 Å². The minimum absolute atomic E-state index is 0.116. The Hall–Kier alpha value is -3.38. The molecule has 0 spiro atoms. The average Bonchev–Trinajstić information content (AvgIpc) is 3.06. The van der Waals surface area contributed by atoms with Gasteiger partial charge in [-0.2, -0.15) is 0 Å². The second kappa shape index (κ2) is 9.01. The number of rotatable bonds is 8.